The van der Waals surface area contributed by atoms with Crippen LogP contribution >= 0.6 is 0 Å². The maximum atomic E-state index is 12.3. The number of amides is 2. The molecule has 0 radical (unpaired) electrons. The zero-order valence-electron chi connectivity index (χ0n) is 12.6. The van der Waals surface area contributed by atoms with E-state index in [1.54, 1.807) is 24.3 Å². The molecule has 0 saturated carbocycles. The molecule has 0 aliphatic carbocycles. The first-order valence-electron chi connectivity index (χ1n) is 7.77. The number of benzene rings is 1. The van der Waals surface area contributed by atoms with Crippen molar-refractivity contribution in [2.75, 3.05) is 44.6 Å². The summed E-state index contributed by atoms with van der Waals surface area (Å²) in [6.07, 6.45) is 1.20. The van der Waals surface area contributed by atoms with Crippen LogP contribution in [0.2, 0.25) is 0 Å². The Morgan fingerprint density at radius 2 is 2.14 bits per heavy atom. The maximum absolute atomic E-state index is 12.3. The summed E-state index contributed by atoms with van der Waals surface area (Å²) in [5.41, 5.74) is 1.22. The van der Waals surface area contributed by atoms with Gasteiger partial charge in [0.05, 0.1) is 11.6 Å². The SMILES string of the molecule is N#Cc1cccc(NC(=O)N2CCN(C3CCNC3)CC2)c1. The molecule has 2 aliphatic rings. The summed E-state index contributed by atoms with van der Waals surface area (Å²) in [7, 11) is 0. The van der Waals surface area contributed by atoms with Crippen LogP contribution in [-0.2, 0) is 0 Å². The summed E-state index contributed by atoms with van der Waals surface area (Å²) >= 11 is 0. The van der Waals surface area contributed by atoms with Gasteiger partial charge in [-0.3, -0.25) is 4.90 Å². The lowest BCUT2D eigenvalue weighted by atomic mass is 10.2. The van der Waals surface area contributed by atoms with Gasteiger partial charge in [0.15, 0.2) is 0 Å². The molecular weight excluding hydrogens is 278 g/mol. The molecule has 6 nitrogen and oxygen atoms in total. The van der Waals surface area contributed by atoms with Gasteiger partial charge in [0.25, 0.3) is 0 Å². The van der Waals surface area contributed by atoms with Gasteiger partial charge in [-0.15, -0.1) is 0 Å². The van der Waals surface area contributed by atoms with Crippen LogP contribution < -0.4 is 10.6 Å². The zero-order chi connectivity index (χ0) is 15.4. The minimum atomic E-state index is -0.0840. The Labute approximate surface area is 130 Å². The van der Waals surface area contributed by atoms with Gasteiger partial charge in [0.2, 0.25) is 0 Å². The number of nitriles is 1. The molecule has 1 aromatic rings. The van der Waals surface area contributed by atoms with E-state index in [-0.39, 0.29) is 6.03 Å². The van der Waals surface area contributed by atoms with Crippen LogP contribution in [0, 0.1) is 11.3 Å². The summed E-state index contributed by atoms with van der Waals surface area (Å²) in [6.45, 7) is 5.52. The third kappa shape index (κ3) is 3.38. The van der Waals surface area contributed by atoms with Crippen molar-refractivity contribution in [3.63, 3.8) is 0 Å². The summed E-state index contributed by atoms with van der Waals surface area (Å²) in [6, 6.07) is 9.62. The van der Waals surface area contributed by atoms with Gasteiger partial charge in [0.1, 0.15) is 0 Å². The average Bonchev–Trinajstić information content (AvgIpc) is 3.09. The van der Waals surface area contributed by atoms with Crippen molar-refractivity contribution in [2.24, 2.45) is 0 Å². The molecular formula is C16H21N5O. The van der Waals surface area contributed by atoms with Crippen molar-refractivity contribution >= 4 is 11.7 Å². The van der Waals surface area contributed by atoms with Gasteiger partial charge < -0.3 is 15.5 Å². The molecule has 2 aliphatic heterocycles. The van der Waals surface area contributed by atoms with E-state index in [2.05, 4.69) is 21.6 Å². The highest BCUT2D eigenvalue weighted by Crippen LogP contribution is 2.14. The number of piperazine rings is 1. The van der Waals surface area contributed by atoms with E-state index in [0.717, 1.165) is 39.3 Å². The molecule has 3 rings (SSSR count). The highest BCUT2D eigenvalue weighted by Gasteiger charge is 2.27. The first-order valence-corrected chi connectivity index (χ1v) is 7.77. The number of hydrogen-bond acceptors (Lipinski definition) is 4. The second-order valence-corrected chi connectivity index (χ2v) is 5.79. The van der Waals surface area contributed by atoms with E-state index in [0.29, 0.717) is 17.3 Å². The number of rotatable bonds is 2. The van der Waals surface area contributed by atoms with Crippen LogP contribution in [-0.4, -0.2) is 61.1 Å². The van der Waals surface area contributed by atoms with E-state index in [4.69, 9.17) is 5.26 Å². The Hall–Kier alpha value is -2.10. The molecule has 2 heterocycles. The van der Waals surface area contributed by atoms with Gasteiger partial charge >= 0.3 is 6.03 Å². The number of urea groups is 1. The Kier molecular flexibility index (Phi) is 4.56. The first kappa shape index (κ1) is 14.8. The third-order valence-electron chi connectivity index (χ3n) is 4.40. The highest BCUT2D eigenvalue weighted by molar-refractivity contribution is 5.89. The number of carbonyl (C=O) groups excluding carboxylic acids is 1. The molecule has 2 N–H and O–H groups in total. The zero-order valence-corrected chi connectivity index (χ0v) is 12.6. The normalized spacial score (nSPS) is 22.3. The van der Waals surface area contributed by atoms with Crippen molar-refractivity contribution in [1.82, 2.24) is 15.1 Å². The van der Waals surface area contributed by atoms with E-state index in [1.807, 2.05) is 4.90 Å². The number of hydrogen-bond donors (Lipinski definition) is 2. The maximum Gasteiger partial charge on any atom is 0.321 e. The quantitative estimate of drug-likeness (QED) is 0.857. The van der Waals surface area contributed by atoms with Crippen molar-refractivity contribution in [2.45, 2.75) is 12.5 Å². The largest absolute Gasteiger partial charge is 0.322 e. The fourth-order valence-corrected chi connectivity index (χ4v) is 3.11. The van der Waals surface area contributed by atoms with Crippen LogP contribution in [0.15, 0.2) is 24.3 Å². The molecule has 1 unspecified atom stereocenters. The lowest BCUT2D eigenvalue weighted by Gasteiger charge is -2.37. The molecule has 6 heteroatoms. The Balaban J connectivity index is 1.52. The third-order valence-corrected chi connectivity index (χ3v) is 4.40. The molecule has 1 aromatic carbocycles. The van der Waals surface area contributed by atoms with E-state index in [1.165, 1.54) is 6.42 Å². The second-order valence-electron chi connectivity index (χ2n) is 5.79. The van der Waals surface area contributed by atoms with Gasteiger partial charge in [-0.05, 0) is 31.2 Å². The fourth-order valence-electron chi connectivity index (χ4n) is 3.11. The summed E-state index contributed by atoms with van der Waals surface area (Å²) < 4.78 is 0. The topological polar surface area (TPSA) is 71.4 Å². The number of carbonyl (C=O) groups is 1. The predicted octanol–water partition coefficient (Wildman–Crippen LogP) is 1.07. The van der Waals surface area contributed by atoms with Gasteiger partial charge in [-0.2, -0.15) is 5.26 Å². The van der Waals surface area contributed by atoms with Crippen molar-refractivity contribution < 1.29 is 4.79 Å². The minimum absolute atomic E-state index is 0.0840. The Morgan fingerprint density at radius 3 is 2.82 bits per heavy atom. The lowest BCUT2D eigenvalue weighted by Crippen LogP contribution is -2.53. The molecule has 22 heavy (non-hydrogen) atoms. The van der Waals surface area contributed by atoms with E-state index in [9.17, 15) is 4.79 Å². The van der Waals surface area contributed by atoms with Gasteiger partial charge in [-0.1, -0.05) is 6.07 Å². The van der Waals surface area contributed by atoms with Crippen molar-refractivity contribution in [3.05, 3.63) is 29.8 Å². The van der Waals surface area contributed by atoms with Crippen molar-refractivity contribution in [3.8, 4) is 6.07 Å². The molecule has 2 amide bonds. The summed E-state index contributed by atoms with van der Waals surface area (Å²) in [4.78, 5) is 16.6. The van der Waals surface area contributed by atoms with Gasteiger partial charge in [-0.25, -0.2) is 4.79 Å². The summed E-state index contributed by atoms with van der Waals surface area (Å²) in [5.74, 6) is 0. The van der Waals surface area contributed by atoms with Crippen LogP contribution in [0.5, 0.6) is 0 Å². The number of anilines is 1. The monoisotopic (exact) mass is 299 g/mol. The predicted molar refractivity (Wildman–Crippen MR) is 84.6 cm³/mol. The Bertz CT molecular complexity index is 568. The smallest absolute Gasteiger partial charge is 0.321 e. The van der Waals surface area contributed by atoms with Gasteiger partial charge in [0, 0.05) is 44.5 Å². The second kappa shape index (κ2) is 6.77. The van der Waals surface area contributed by atoms with E-state index >= 15 is 0 Å². The fraction of sp³-hybridized carbons (Fsp3) is 0.500. The average molecular weight is 299 g/mol. The minimum Gasteiger partial charge on any atom is -0.322 e. The molecule has 0 spiro atoms. The van der Waals surface area contributed by atoms with Crippen LogP contribution in [0.4, 0.5) is 10.5 Å². The number of nitrogens with one attached hydrogen (secondary N) is 2. The number of nitrogens with zero attached hydrogens (tertiary/aromatic N) is 3. The van der Waals surface area contributed by atoms with Crippen LogP contribution in [0.1, 0.15) is 12.0 Å². The molecule has 1 atom stereocenters. The summed E-state index contributed by atoms with van der Waals surface area (Å²) in [5, 5.41) is 15.2. The molecule has 0 aromatic heterocycles. The molecule has 116 valence electrons. The Morgan fingerprint density at radius 1 is 1.32 bits per heavy atom. The van der Waals surface area contributed by atoms with Crippen molar-refractivity contribution in [1.29, 1.82) is 5.26 Å². The molecule has 0 bridgehead atoms. The molecule has 2 fully saturated rings. The molecule has 2 saturated heterocycles. The highest BCUT2D eigenvalue weighted by atomic mass is 16.2. The first-order chi connectivity index (χ1) is 10.8. The van der Waals surface area contributed by atoms with E-state index < -0.39 is 0 Å². The lowest BCUT2D eigenvalue weighted by molar-refractivity contribution is 0.119. The standard InChI is InChI=1S/C16H21N5O/c17-11-13-2-1-3-14(10-13)19-16(22)21-8-6-20(7-9-21)15-4-5-18-12-15/h1-3,10,15,18H,4-9,12H2,(H,19,22). The van der Waals surface area contributed by atoms with Crippen LogP contribution in [0.3, 0.4) is 0 Å². The van der Waals surface area contributed by atoms with Crippen LogP contribution in [0.25, 0.3) is 0 Å².